The fourth-order valence-corrected chi connectivity index (χ4v) is 4.80. The molecular weight excluding hydrogens is 436 g/mol. The average molecular weight is 463 g/mol. The Bertz CT molecular complexity index is 1300. The fraction of sp³-hybridized carbons (Fsp3) is 0.240. The number of amides is 1. The molecule has 2 aromatic carbocycles. The van der Waals surface area contributed by atoms with Crippen molar-refractivity contribution in [3.8, 4) is 16.2 Å². The molecule has 170 valence electrons. The number of rotatable bonds is 7. The zero-order valence-electron chi connectivity index (χ0n) is 19.0. The molecule has 0 saturated heterocycles. The SMILES string of the molecule is COc1ccc2c(C)nnc(N[C@H](C)c3ccc(-c4ccccc4CN(C)C(=O)O)s3)c2c1. The summed E-state index contributed by atoms with van der Waals surface area (Å²) in [6.07, 6.45) is -0.947. The summed E-state index contributed by atoms with van der Waals surface area (Å²) in [4.78, 5) is 14.8. The molecule has 2 N–H and O–H groups in total. The van der Waals surface area contributed by atoms with Gasteiger partial charge in [0.15, 0.2) is 5.82 Å². The lowest BCUT2D eigenvalue weighted by atomic mass is 10.1. The number of aromatic nitrogens is 2. The summed E-state index contributed by atoms with van der Waals surface area (Å²) < 4.78 is 5.40. The smallest absolute Gasteiger partial charge is 0.407 e. The molecular formula is C25H26N4O3S. The fourth-order valence-electron chi connectivity index (χ4n) is 3.73. The second kappa shape index (κ2) is 9.46. The lowest BCUT2D eigenvalue weighted by molar-refractivity contribution is 0.154. The maximum Gasteiger partial charge on any atom is 0.407 e. The molecule has 33 heavy (non-hydrogen) atoms. The second-order valence-electron chi connectivity index (χ2n) is 7.91. The highest BCUT2D eigenvalue weighted by Crippen LogP contribution is 2.36. The molecule has 0 fully saturated rings. The molecule has 0 aliphatic carbocycles. The van der Waals surface area contributed by atoms with Crippen LogP contribution in [0.3, 0.4) is 0 Å². The van der Waals surface area contributed by atoms with E-state index in [-0.39, 0.29) is 6.04 Å². The van der Waals surface area contributed by atoms with E-state index in [0.717, 1.165) is 43.1 Å². The summed E-state index contributed by atoms with van der Waals surface area (Å²) in [5, 5.41) is 23.5. The van der Waals surface area contributed by atoms with E-state index >= 15 is 0 Å². The van der Waals surface area contributed by atoms with Crippen LogP contribution in [0.5, 0.6) is 5.75 Å². The van der Waals surface area contributed by atoms with Crippen molar-refractivity contribution in [3.63, 3.8) is 0 Å². The second-order valence-corrected chi connectivity index (χ2v) is 9.02. The van der Waals surface area contributed by atoms with Gasteiger partial charge in [-0.3, -0.25) is 0 Å². The molecule has 8 heteroatoms. The molecule has 2 heterocycles. The number of benzene rings is 2. The van der Waals surface area contributed by atoms with Crippen molar-refractivity contribution in [1.29, 1.82) is 0 Å². The van der Waals surface area contributed by atoms with Gasteiger partial charge in [-0.15, -0.1) is 16.4 Å². The minimum atomic E-state index is -0.947. The number of carboxylic acid groups (broad SMARTS) is 1. The monoisotopic (exact) mass is 462 g/mol. The standard InChI is InChI=1S/C25H26N4O3S/c1-15-19-10-9-18(32-4)13-21(19)24(28-27-15)26-16(2)22-11-12-23(33-22)20-8-6-5-7-17(20)14-29(3)25(30)31/h5-13,16H,14H2,1-4H3,(H,26,28)(H,30,31)/t16-/m1/s1. The zero-order valence-corrected chi connectivity index (χ0v) is 19.8. The number of thiophene rings is 1. The summed E-state index contributed by atoms with van der Waals surface area (Å²) >= 11 is 1.68. The van der Waals surface area contributed by atoms with Crippen LogP contribution in [0.1, 0.15) is 29.1 Å². The van der Waals surface area contributed by atoms with Gasteiger partial charge in [-0.1, -0.05) is 24.3 Å². The third-order valence-electron chi connectivity index (χ3n) is 5.60. The molecule has 0 aliphatic heterocycles. The van der Waals surface area contributed by atoms with Crippen LogP contribution >= 0.6 is 11.3 Å². The van der Waals surface area contributed by atoms with E-state index in [0.29, 0.717) is 12.4 Å². The Labute approximate surface area is 196 Å². The molecule has 4 rings (SSSR count). The van der Waals surface area contributed by atoms with Gasteiger partial charge in [0.2, 0.25) is 0 Å². The Morgan fingerprint density at radius 3 is 2.70 bits per heavy atom. The Balaban J connectivity index is 1.61. The van der Waals surface area contributed by atoms with Crippen LogP contribution in [0, 0.1) is 6.92 Å². The zero-order chi connectivity index (χ0) is 23.5. The van der Waals surface area contributed by atoms with E-state index in [1.165, 1.54) is 4.90 Å². The van der Waals surface area contributed by atoms with Gasteiger partial charge in [0, 0.05) is 34.1 Å². The quantitative estimate of drug-likeness (QED) is 0.352. The topological polar surface area (TPSA) is 87.6 Å². The first-order chi connectivity index (χ1) is 15.9. The van der Waals surface area contributed by atoms with Crippen LogP contribution < -0.4 is 10.1 Å². The van der Waals surface area contributed by atoms with Gasteiger partial charge in [-0.05, 0) is 55.3 Å². The largest absolute Gasteiger partial charge is 0.497 e. The third kappa shape index (κ3) is 4.75. The molecule has 0 aliphatic rings. The summed E-state index contributed by atoms with van der Waals surface area (Å²) in [7, 11) is 3.23. The predicted molar refractivity (Wildman–Crippen MR) is 132 cm³/mol. The average Bonchev–Trinajstić information content (AvgIpc) is 3.31. The summed E-state index contributed by atoms with van der Waals surface area (Å²) in [6.45, 7) is 4.37. The van der Waals surface area contributed by atoms with E-state index in [9.17, 15) is 9.90 Å². The Morgan fingerprint density at radius 1 is 1.15 bits per heavy atom. The Morgan fingerprint density at radius 2 is 1.94 bits per heavy atom. The number of nitrogens with zero attached hydrogens (tertiary/aromatic N) is 3. The normalized spacial score (nSPS) is 11.9. The molecule has 1 atom stereocenters. The van der Waals surface area contributed by atoms with E-state index in [1.54, 1.807) is 25.5 Å². The number of aryl methyl sites for hydroxylation is 1. The van der Waals surface area contributed by atoms with Gasteiger partial charge in [0.25, 0.3) is 0 Å². The first-order valence-electron chi connectivity index (χ1n) is 10.6. The number of carbonyl (C=O) groups is 1. The van der Waals surface area contributed by atoms with Crippen molar-refractivity contribution in [1.82, 2.24) is 15.1 Å². The number of hydrogen-bond acceptors (Lipinski definition) is 6. The number of methoxy groups -OCH3 is 1. The third-order valence-corrected chi connectivity index (χ3v) is 6.90. The highest BCUT2D eigenvalue weighted by atomic mass is 32.1. The molecule has 2 aromatic heterocycles. The van der Waals surface area contributed by atoms with Crippen molar-refractivity contribution in [2.45, 2.75) is 26.4 Å². The lowest BCUT2D eigenvalue weighted by Crippen LogP contribution is -2.24. The molecule has 1 amide bonds. The van der Waals surface area contributed by atoms with Crippen LogP contribution in [0.4, 0.5) is 10.6 Å². The van der Waals surface area contributed by atoms with Gasteiger partial charge < -0.3 is 20.1 Å². The van der Waals surface area contributed by atoms with Crippen LogP contribution in [-0.2, 0) is 6.54 Å². The highest BCUT2D eigenvalue weighted by molar-refractivity contribution is 7.15. The summed E-state index contributed by atoms with van der Waals surface area (Å²) in [5.74, 6) is 1.48. The maximum absolute atomic E-state index is 11.3. The molecule has 0 bridgehead atoms. The molecule has 0 unspecified atom stereocenters. The van der Waals surface area contributed by atoms with Crippen molar-refractivity contribution >= 4 is 34.0 Å². The number of anilines is 1. The van der Waals surface area contributed by atoms with Crippen molar-refractivity contribution in [2.75, 3.05) is 19.5 Å². The molecule has 0 radical (unpaired) electrons. The molecule has 0 spiro atoms. The van der Waals surface area contributed by atoms with Crippen molar-refractivity contribution in [2.24, 2.45) is 0 Å². The first-order valence-corrected chi connectivity index (χ1v) is 11.4. The van der Waals surface area contributed by atoms with Crippen LogP contribution in [-0.4, -0.2) is 40.5 Å². The summed E-state index contributed by atoms with van der Waals surface area (Å²) in [6, 6.07) is 18.0. The van der Waals surface area contributed by atoms with Gasteiger partial charge in [-0.2, -0.15) is 5.10 Å². The van der Waals surface area contributed by atoms with E-state index < -0.39 is 6.09 Å². The van der Waals surface area contributed by atoms with Gasteiger partial charge in [0.1, 0.15) is 5.75 Å². The summed E-state index contributed by atoms with van der Waals surface area (Å²) in [5.41, 5.74) is 2.88. The van der Waals surface area contributed by atoms with Gasteiger partial charge in [-0.25, -0.2) is 4.79 Å². The van der Waals surface area contributed by atoms with Gasteiger partial charge in [0.05, 0.1) is 18.8 Å². The Kier molecular flexibility index (Phi) is 6.46. The molecule has 0 saturated carbocycles. The number of ether oxygens (including phenoxy) is 1. The maximum atomic E-state index is 11.3. The van der Waals surface area contributed by atoms with Crippen LogP contribution in [0.2, 0.25) is 0 Å². The van der Waals surface area contributed by atoms with Crippen LogP contribution in [0.15, 0.2) is 54.6 Å². The van der Waals surface area contributed by atoms with E-state index in [4.69, 9.17) is 4.74 Å². The van der Waals surface area contributed by atoms with Crippen molar-refractivity contribution in [3.05, 3.63) is 70.7 Å². The molecule has 4 aromatic rings. The van der Waals surface area contributed by atoms with Crippen LogP contribution in [0.25, 0.3) is 21.2 Å². The lowest BCUT2D eigenvalue weighted by Gasteiger charge is -2.16. The minimum absolute atomic E-state index is 0.00372. The molecule has 7 nitrogen and oxygen atoms in total. The highest BCUT2D eigenvalue weighted by Gasteiger charge is 2.16. The number of fused-ring (bicyclic) bond motifs is 1. The van der Waals surface area contributed by atoms with Gasteiger partial charge >= 0.3 is 6.09 Å². The number of nitrogens with one attached hydrogen (secondary N) is 1. The van der Waals surface area contributed by atoms with E-state index in [2.05, 4.69) is 34.6 Å². The minimum Gasteiger partial charge on any atom is -0.497 e. The first kappa shape index (κ1) is 22.5. The van der Waals surface area contributed by atoms with E-state index in [1.807, 2.05) is 49.4 Å². The van der Waals surface area contributed by atoms with Crippen molar-refractivity contribution < 1.29 is 14.6 Å². The Hall–Kier alpha value is -3.65. The number of hydrogen-bond donors (Lipinski definition) is 2. The predicted octanol–water partition coefficient (Wildman–Crippen LogP) is 5.96.